The topological polar surface area (TPSA) is 79.3 Å². The number of sulfonamides is 1. The van der Waals surface area contributed by atoms with Crippen LogP contribution in [-0.2, 0) is 10.0 Å². The maximum absolute atomic E-state index is 11.8. The van der Waals surface area contributed by atoms with Gasteiger partial charge >= 0.3 is 0 Å². The van der Waals surface area contributed by atoms with Crippen LogP contribution in [0.3, 0.4) is 0 Å². The lowest BCUT2D eigenvalue weighted by molar-refractivity contribution is 0.459. The molecule has 0 bridgehead atoms. The van der Waals surface area contributed by atoms with Crippen LogP contribution >= 0.6 is 11.3 Å². The highest BCUT2D eigenvalue weighted by Gasteiger charge is 2.18. The zero-order valence-electron chi connectivity index (χ0n) is 7.99. The number of nitrogens with zero attached hydrogens (tertiary/aromatic N) is 1. The first-order chi connectivity index (χ1) is 7.59. The quantitative estimate of drug-likeness (QED) is 0.875. The minimum Gasteiger partial charge on any atom is -0.507 e. The molecule has 0 amide bonds. The Bertz CT molecular complexity index is 579. The Balaban J connectivity index is 2.37. The molecule has 0 aliphatic heterocycles. The maximum Gasteiger partial charge on any atom is 0.267 e. The standard InChI is InChI=1S/C9H8N2O3S2/c12-7-3-1-2-4-8(7)16(13,14)11-9-10-5-6-15-9/h1-6,12H,(H,10,11). The number of benzene rings is 1. The minimum absolute atomic E-state index is 0.162. The number of phenolic OH excluding ortho intramolecular Hbond substituents is 1. The van der Waals surface area contributed by atoms with Gasteiger partial charge in [-0.2, -0.15) is 0 Å². The fourth-order valence-corrected chi connectivity index (χ4v) is 3.02. The van der Waals surface area contributed by atoms with Gasteiger partial charge in [-0.3, -0.25) is 4.72 Å². The van der Waals surface area contributed by atoms with E-state index in [9.17, 15) is 13.5 Å². The van der Waals surface area contributed by atoms with E-state index in [4.69, 9.17) is 0 Å². The molecule has 7 heteroatoms. The summed E-state index contributed by atoms with van der Waals surface area (Å²) in [6.07, 6.45) is 1.49. The van der Waals surface area contributed by atoms with Crippen molar-refractivity contribution in [1.29, 1.82) is 0 Å². The average Bonchev–Trinajstić information content (AvgIpc) is 2.70. The predicted octanol–water partition coefficient (Wildman–Crippen LogP) is 1.65. The van der Waals surface area contributed by atoms with E-state index in [1.54, 1.807) is 11.4 Å². The van der Waals surface area contributed by atoms with Gasteiger partial charge in [-0.1, -0.05) is 12.1 Å². The summed E-state index contributed by atoms with van der Waals surface area (Å²) in [5.74, 6) is -0.286. The van der Waals surface area contributed by atoms with Crippen molar-refractivity contribution < 1.29 is 13.5 Å². The Morgan fingerprint density at radius 1 is 1.31 bits per heavy atom. The van der Waals surface area contributed by atoms with Crippen molar-refractivity contribution in [1.82, 2.24) is 4.98 Å². The van der Waals surface area contributed by atoms with Crippen LogP contribution in [0.5, 0.6) is 5.75 Å². The lowest BCUT2D eigenvalue weighted by atomic mass is 10.3. The fourth-order valence-electron chi connectivity index (χ4n) is 1.13. The highest BCUT2D eigenvalue weighted by molar-refractivity contribution is 7.93. The average molecular weight is 256 g/mol. The molecule has 2 aromatic rings. The van der Waals surface area contributed by atoms with E-state index in [2.05, 4.69) is 9.71 Å². The van der Waals surface area contributed by atoms with Crippen LogP contribution in [0.25, 0.3) is 0 Å². The molecule has 2 N–H and O–H groups in total. The van der Waals surface area contributed by atoms with Crippen LogP contribution in [0.2, 0.25) is 0 Å². The summed E-state index contributed by atoms with van der Waals surface area (Å²) in [6, 6.07) is 5.73. The van der Waals surface area contributed by atoms with Crippen LogP contribution in [0.15, 0.2) is 40.7 Å². The van der Waals surface area contributed by atoms with E-state index in [0.717, 1.165) is 0 Å². The Morgan fingerprint density at radius 3 is 2.69 bits per heavy atom. The normalized spacial score (nSPS) is 11.2. The van der Waals surface area contributed by atoms with Gasteiger partial charge < -0.3 is 5.11 Å². The van der Waals surface area contributed by atoms with Gasteiger partial charge in [0, 0.05) is 11.6 Å². The van der Waals surface area contributed by atoms with Crippen molar-refractivity contribution in [3.63, 3.8) is 0 Å². The summed E-state index contributed by atoms with van der Waals surface area (Å²) < 4.78 is 25.9. The van der Waals surface area contributed by atoms with Gasteiger partial charge in [0.1, 0.15) is 10.6 Å². The van der Waals surface area contributed by atoms with Crippen LogP contribution in [0, 0.1) is 0 Å². The molecule has 0 aliphatic rings. The highest BCUT2D eigenvalue weighted by Crippen LogP contribution is 2.24. The lowest BCUT2D eigenvalue weighted by Crippen LogP contribution is -2.12. The summed E-state index contributed by atoms with van der Waals surface area (Å²) in [7, 11) is -3.77. The first-order valence-electron chi connectivity index (χ1n) is 4.30. The molecule has 0 spiro atoms. The SMILES string of the molecule is O=S(=O)(Nc1nccs1)c1ccccc1O. The molecule has 0 radical (unpaired) electrons. The van der Waals surface area contributed by atoms with E-state index < -0.39 is 10.0 Å². The molecule has 1 heterocycles. The Labute approximate surface area is 96.5 Å². The van der Waals surface area contributed by atoms with Gasteiger partial charge in [0.05, 0.1) is 0 Å². The summed E-state index contributed by atoms with van der Waals surface area (Å²) >= 11 is 1.17. The number of para-hydroxylation sites is 1. The van der Waals surface area contributed by atoms with Crippen molar-refractivity contribution in [3.05, 3.63) is 35.8 Å². The van der Waals surface area contributed by atoms with Crippen LogP contribution < -0.4 is 4.72 Å². The molecule has 1 aromatic heterocycles. The van der Waals surface area contributed by atoms with Crippen LogP contribution in [-0.4, -0.2) is 18.5 Å². The third kappa shape index (κ3) is 2.15. The van der Waals surface area contributed by atoms with Gasteiger partial charge in [0.25, 0.3) is 10.0 Å². The second-order valence-electron chi connectivity index (χ2n) is 2.91. The van der Waals surface area contributed by atoms with Gasteiger partial charge in [0.15, 0.2) is 5.13 Å². The molecule has 84 valence electrons. The third-order valence-corrected chi connectivity index (χ3v) is 4.01. The first kappa shape index (κ1) is 10.9. The molecule has 5 nitrogen and oxygen atoms in total. The van der Waals surface area contributed by atoms with E-state index in [1.165, 1.54) is 35.7 Å². The smallest absolute Gasteiger partial charge is 0.267 e. The Kier molecular flexibility index (Phi) is 2.80. The van der Waals surface area contributed by atoms with Crippen molar-refractivity contribution in [3.8, 4) is 5.75 Å². The van der Waals surface area contributed by atoms with Crippen molar-refractivity contribution >= 4 is 26.5 Å². The number of hydrogen-bond donors (Lipinski definition) is 2. The first-order valence-corrected chi connectivity index (χ1v) is 6.66. The van der Waals surface area contributed by atoms with Gasteiger partial charge in [0.2, 0.25) is 0 Å². The number of aromatic hydroxyl groups is 1. The maximum atomic E-state index is 11.8. The number of hydrogen-bond acceptors (Lipinski definition) is 5. The molecule has 16 heavy (non-hydrogen) atoms. The summed E-state index contributed by atoms with van der Waals surface area (Å²) in [5, 5.41) is 11.4. The number of aromatic nitrogens is 1. The van der Waals surface area contributed by atoms with Gasteiger partial charge in [-0.05, 0) is 12.1 Å². The van der Waals surface area contributed by atoms with Crippen LogP contribution in [0.4, 0.5) is 5.13 Å². The zero-order chi connectivity index (χ0) is 11.6. The second-order valence-corrected chi connectivity index (χ2v) is 5.46. The monoisotopic (exact) mass is 256 g/mol. The molecule has 1 aromatic carbocycles. The summed E-state index contributed by atoms with van der Waals surface area (Å²) in [5.41, 5.74) is 0. The third-order valence-electron chi connectivity index (χ3n) is 1.81. The second kappa shape index (κ2) is 4.11. The lowest BCUT2D eigenvalue weighted by Gasteiger charge is -2.06. The van der Waals surface area contributed by atoms with Gasteiger partial charge in [-0.15, -0.1) is 11.3 Å². The number of anilines is 1. The van der Waals surface area contributed by atoms with Crippen molar-refractivity contribution in [2.75, 3.05) is 4.72 Å². The van der Waals surface area contributed by atoms with Crippen molar-refractivity contribution in [2.45, 2.75) is 4.90 Å². The highest BCUT2D eigenvalue weighted by atomic mass is 32.2. The molecule has 0 saturated carbocycles. The Hall–Kier alpha value is -1.60. The fraction of sp³-hybridized carbons (Fsp3) is 0. The molecule has 0 unspecified atom stereocenters. The minimum atomic E-state index is -3.77. The molecule has 0 aliphatic carbocycles. The summed E-state index contributed by atoms with van der Waals surface area (Å²) in [4.78, 5) is 3.64. The van der Waals surface area contributed by atoms with E-state index in [-0.39, 0.29) is 15.8 Å². The molecular formula is C9H8N2O3S2. The van der Waals surface area contributed by atoms with E-state index in [0.29, 0.717) is 0 Å². The Morgan fingerprint density at radius 2 is 2.06 bits per heavy atom. The van der Waals surface area contributed by atoms with Crippen LogP contribution in [0.1, 0.15) is 0 Å². The predicted molar refractivity (Wildman–Crippen MR) is 61.0 cm³/mol. The molecule has 0 fully saturated rings. The number of nitrogens with one attached hydrogen (secondary N) is 1. The molecular weight excluding hydrogens is 248 g/mol. The number of rotatable bonds is 3. The van der Waals surface area contributed by atoms with Crippen molar-refractivity contribution in [2.24, 2.45) is 0 Å². The molecule has 0 saturated heterocycles. The molecule has 0 atom stereocenters. The number of phenols is 1. The summed E-state index contributed by atoms with van der Waals surface area (Å²) in [6.45, 7) is 0. The zero-order valence-corrected chi connectivity index (χ0v) is 9.62. The van der Waals surface area contributed by atoms with E-state index in [1.807, 2.05) is 0 Å². The molecule has 2 rings (SSSR count). The largest absolute Gasteiger partial charge is 0.507 e. The number of thiazole rings is 1. The van der Waals surface area contributed by atoms with E-state index >= 15 is 0 Å². The van der Waals surface area contributed by atoms with Gasteiger partial charge in [-0.25, -0.2) is 13.4 Å².